The zero-order valence-electron chi connectivity index (χ0n) is 13.3. The summed E-state index contributed by atoms with van der Waals surface area (Å²) in [4.78, 5) is 0. The van der Waals surface area contributed by atoms with E-state index < -0.39 is 0 Å². The Hall–Kier alpha value is -1.48. The van der Waals surface area contributed by atoms with Gasteiger partial charge in [0.15, 0.2) is 11.5 Å². The van der Waals surface area contributed by atoms with Gasteiger partial charge in [-0.2, -0.15) is 0 Å². The molecular weight excluding hydrogens is 250 g/mol. The van der Waals surface area contributed by atoms with E-state index in [-0.39, 0.29) is 0 Å². The predicted molar refractivity (Wildman–Crippen MR) is 85.6 cm³/mol. The highest BCUT2D eigenvalue weighted by molar-refractivity contribution is 5.58. The molecule has 0 aromatic heterocycles. The van der Waals surface area contributed by atoms with Crippen LogP contribution in [0.15, 0.2) is 23.8 Å². The van der Waals surface area contributed by atoms with Crippen LogP contribution < -0.4 is 14.8 Å². The second-order valence-corrected chi connectivity index (χ2v) is 5.04. The minimum atomic E-state index is 0.500. The molecule has 0 aliphatic carbocycles. The van der Waals surface area contributed by atoms with Gasteiger partial charge in [-0.15, -0.1) is 0 Å². The average molecular weight is 277 g/mol. The number of nitrogens with one attached hydrogen (secondary N) is 1. The number of ether oxygens (including phenoxy) is 2. The fourth-order valence-corrected chi connectivity index (χ4v) is 1.90. The van der Waals surface area contributed by atoms with Crippen molar-refractivity contribution >= 4 is 6.08 Å². The van der Waals surface area contributed by atoms with Gasteiger partial charge in [-0.3, -0.25) is 0 Å². The van der Waals surface area contributed by atoms with Crippen LogP contribution in [-0.2, 0) is 0 Å². The standard InChI is InChI=1S/C17H27NO2/c1-6-14(12-18-13(3)4)10-15-8-9-16(19-5)17(11-15)20-7-2/h8-11,13,18H,6-7,12H2,1-5H3. The Bertz CT molecular complexity index is 439. The Morgan fingerprint density at radius 2 is 2.00 bits per heavy atom. The van der Waals surface area contributed by atoms with Crippen molar-refractivity contribution in [2.75, 3.05) is 20.3 Å². The highest BCUT2D eigenvalue weighted by Gasteiger charge is 2.05. The number of methoxy groups -OCH3 is 1. The minimum absolute atomic E-state index is 0.500. The predicted octanol–water partition coefficient (Wildman–Crippen LogP) is 3.89. The van der Waals surface area contributed by atoms with Crippen molar-refractivity contribution in [1.82, 2.24) is 5.32 Å². The van der Waals surface area contributed by atoms with Crippen LogP contribution in [0.3, 0.4) is 0 Å². The molecule has 0 aliphatic rings. The summed E-state index contributed by atoms with van der Waals surface area (Å²) >= 11 is 0. The summed E-state index contributed by atoms with van der Waals surface area (Å²) in [5, 5.41) is 3.45. The second-order valence-electron chi connectivity index (χ2n) is 5.04. The van der Waals surface area contributed by atoms with Gasteiger partial charge in [0.2, 0.25) is 0 Å². The van der Waals surface area contributed by atoms with E-state index in [1.807, 2.05) is 19.1 Å². The summed E-state index contributed by atoms with van der Waals surface area (Å²) in [6, 6.07) is 6.56. The lowest BCUT2D eigenvalue weighted by molar-refractivity contribution is 0.311. The van der Waals surface area contributed by atoms with Crippen molar-refractivity contribution in [2.24, 2.45) is 0 Å². The summed E-state index contributed by atoms with van der Waals surface area (Å²) in [6.07, 6.45) is 3.26. The van der Waals surface area contributed by atoms with E-state index in [9.17, 15) is 0 Å². The van der Waals surface area contributed by atoms with E-state index in [1.165, 1.54) is 5.57 Å². The number of rotatable bonds is 8. The zero-order chi connectivity index (χ0) is 15.0. The van der Waals surface area contributed by atoms with Gasteiger partial charge < -0.3 is 14.8 Å². The van der Waals surface area contributed by atoms with E-state index in [0.29, 0.717) is 12.6 Å². The van der Waals surface area contributed by atoms with Crippen molar-refractivity contribution in [3.05, 3.63) is 29.3 Å². The molecule has 1 rings (SSSR count). The van der Waals surface area contributed by atoms with E-state index in [1.54, 1.807) is 7.11 Å². The van der Waals surface area contributed by atoms with Crippen molar-refractivity contribution in [3.63, 3.8) is 0 Å². The van der Waals surface area contributed by atoms with Crippen LogP contribution in [0.4, 0.5) is 0 Å². The van der Waals surface area contributed by atoms with Gasteiger partial charge in [0.25, 0.3) is 0 Å². The molecule has 112 valence electrons. The molecule has 0 unspecified atom stereocenters. The fraction of sp³-hybridized carbons (Fsp3) is 0.529. The third-order valence-corrected chi connectivity index (χ3v) is 3.05. The number of benzene rings is 1. The summed E-state index contributed by atoms with van der Waals surface area (Å²) in [5.41, 5.74) is 2.53. The smallest absolute Gasteiger partial charge is 0.161 e. The van der Waals surface area contributed by atoms with Crippen LogP contribution in [0.5, 0.6) is 11.5 Å². The maximum atomic E-state index is 5.61. The Labute approximate surface area is 123 Å². The van der Waals surface area contributed by atoms with Crippen LogP contribution in [-0.4, -0.2) is 26.3 Å². The maximum absolute atomic E-state index is 5.61. The molecule has 0 heterocycles. The van der Waals surface area contributed by atoms with Crippen molar-refractivity contribution < 1.29 is 9.47 Å². The van der Waals surface area contributed by atoms with Gasteiger partial charge in [0, 0.05) is 12.6 Å². The average Bonchev–Trinajstić information content (AvgIpc) is 2.44. The largest absolute Gasteiger partial charge is 0.493 e. The lowest BCUT2D eigenvalue weighted by Crippen LogP contribution is -2.24. The Morgan fingerprint density at radius 1 is 1.25 bits per heavy atom. The van der Waals surface area contributed by atoms with E-state index in [4.69, 9.17) is 9.47 Å². The summed E-state index contributed by atoms with van der Waals surface area (Å²) in [6.45, 7) is 10.0. The van der Waals surface area contributed by atoms with Crippen molar-refractivity contribution in [3.8, 4) is 11.5 Å². The molecule has 1 aromatic carbocycles. The van der Waals surface area contributed by atoms with Gasteiger partial charge in [0.1, 0.15) is 0 Å². The lowest BCUT2D eigenvalue weighted by atomic mass is 10.1. The molecule has 0 atom stereocenters. The van der Waals surface area contributed by atoms with Crippen LogP contribution >= 0.6 is 0 Å². The second kappa shape index (κ2) is 8.64. The molecule has 0 fully saturated rings. The Balaban J connectivity index is 2.91. The van der Waals surface area contributed by atoms with Crippen LogP contribution in [0.25, 0.3) is 6.08 Å². The first-order valence-electron chi connectivity index (χ1n) is 7.34. The molecule has 0 spiro atoms. The fourth-order valence-electron chi connectivity index (χ4n) is 1.90. The van der Waals surface area contributed by atoms with Crippen molar-refractivity contribution in [2.45, 2.75) is 40.2 Å². The Morgan fingerprint density at radius 3 is 2.55 bits per heavy atom. The molecule has 1 aromatic rings. The molecule has 20 heavy (non-hydrogen) atoms. The molecule has 3 heteroatoms. The molecule has 0 radical (unpaired) electrons. The van der Waals surface area contributed by atoms with E-state index >= 15 is 0 Å². The minimum Gasteiger partial charge on any atom is -0.493 e. The van der Waals surface area contributed by atoms with E-state index in [2.05, 4.69) is 38.2 Å². The van der Waals surface area contributed by atoms with Crippen LogP contribution in [0.2, 0.25) is 0 Å². The maximum Gasteiger partial charge on any atom is 0.161 e. The molecule has 0 amide bonds. The summed E-state index contributed by atoms with van der Waals surface area (Å²) in [5.74, 6) is 1.58. The molecule has 0 bridgehead atoms. The number of hydrogen-bond donors (Lipinski definition) is 1. The van der Waals surface area contributed by atoms with Crippen LogP contribution in [0, 0.1) is 0 Å². The van der Waals surface area contributed by atoms with Gasteiger partial charge in [0.05, 0.1) is 13.7 Å². The third kappa shape index (κ3) is 5.25. The highest BCUT2D eigenvalue weighted by atomic mass is 16.5. The first-order valence-corrected chi connectivity index (χ1v) is 7.34. The SMILES string of the molecule is CCOc1cc(C=C(CC)CNC(C)C)ccc1OC. The molecule has 3 nitrogen and oxygen atoms in total. The number of hydrogen-bond acceptors (Lipinski definition) is 3. The monoisotopic (exact) mass is 277 g/mol. The Kier molecular flexibility index (Phi) is 7.16. The van der Waals surface area contributed by atoms with Gasteiger partial charge in [-0.25, -0.2) is 0 Å². The molecule has 1 N–H and O–H groups in total. The molecule has 0 saturated carbocycles. The molecular formula is C17H27NO2. The quantitative estimate of drug-likeness (QED) is 0.782. The zero-order valence-corrected chi connectivity index (χ0v) is 13.3. The summed E-state index contributed by atoms with van der Waals surface area (Å²) < 4.78 is 10.9. The van der Waals surface area contributed by atoms with Crippen molar-refractivity contribution in [1.29, 1.82) is 0 Å². The topological polar surface area (TPSA) is 30.5 Å². The molecule has 0 saturated heterocycles. The van der Waals surface area contributed by atoms with Gasteiger partial charge >= 0.3 is 0 Å². The van der Waals surface area contributed by atoms with Gasteiger partial charge in [-0.05, 0) is 31.0 Å². The normalized spacial score (nSPS) is 11.8. The highest BCUT2D eigenvalue weighted by Crippen LogP contribution is 2.29. The third-order valence-electron chi connectivity index (χ3n) is 3.05. The lowest BCUT2D eigenvalue weighted by Gasteiger charge is -2.12. The first-order chi connectivity index (χ1) is 9.60. The van der Waals surface area contributed by atoms with E-state index in [0.717, 1.165) is 30.0 Å². The summed E-state index contributed by atoms with van der Waals surface area (Å²) in [7, 11) is 1.66. The van der Waals surface area contributed by atoms with Crippen LogP contribution in [0.1, 0.15) is 39.7 Å². The first kappa shape index (κ1) is 16.6. The molecule has 0 aliphatic heterocycles. The van der Waals surface area contributed by atoms with Gasteiger partial charge in [-0.1, -0.05) is 38.5 Å².